The SMILES string of the molecule is CC(C)(C)OC(=O)N[C@H]1CC[C@@H](n2cc(C(N)=O)c(N)n2)[C@H](C#N)C1. The number of ether oxygens (including phenoxy) is 1. The highest BCUT2D eigenvalue weighted by Gasteiger charge is 2.34. The molecule has 1 aromatic rings. The van der Waals surface area contributed by atoms with E-state index in [0.29, 0.717) is 19.3 Å². The number of carbonyl (C=O) groups excluding carboxylic acids is 2. The van der Waals surface area contributed by atoms with Gasteiger partial charge in [0.25, 0.3) is 5.91 Å². The van der Waals surface area contributed by atoms with E-state index in [1.54, 1.807) is 20.8 Å². The Bertz CT molecular complexity index is 700. The summed E-state index contributed by atoms with van der Waals surface area (Å²) in [7, 11) is 0. The van der Waals surface area contributed by atoms with Gasteiger partial charge >= 0.3 is 6.09 Å². The molecule has 2 rings (SSSR count). The monoisotopic (exact) mass is 348 g/mol. The van der Waals surface area contributed by atoms with Crippen LogP contribution in [0, 0.1) is 17.2 Å². The molecule has 1 saturated carbocycles. The van der Waals surface area contributed by atoms with Gasteiger partial charge < -0.3 is 21.5 Å². The van der Waals surface area contributed by atoms with Crippen LogP contribution in [-0.2, 0) is 4.74 Å². The molecular formula is C16H24N6O3. The van der Waals surface area contributed by atoms with Crippen molar-refractivity contribution in [2.24, 2.45) is 11.7 Å². The fourth-order valence-electron chi connectivity index (χ4n) is 2.98. The van der Waals surface area contributed by atoms with Crippen molar-refractivity contribution < 1.29 is 14.3 Å². The lowest BCUT2D eigenvalue weighted by Crippen LogP contribution is -2.43. The summed E-state index contributed by atoms with van der Waals surface area (Å²) in [4.78, 5) is 23.2. The molecule has 0 aliphatic heterocycles. The Morgan fingerprint density at radius 1 is 1.44 bits per heavy atom. The highest BCUT2D eigenvalue weighted by Crippen LogP contribution is 2.34. The number of primary amides is 1. The van der Waals surface area contributed by atoms with Crippen molar-refractivity contribution in [1.82, 2.24) is 15.1 Å². The lowest BCUT2D eigenvalue weighted by molar-refractivity contribution is 0.0479. The van der Waals surface area contributed by atoms with Gasteiger partial charge in [-0.2, -0.15) is 10.4 Å². The Morgan fingerprint density at radius 3 is 2.64 bits per heavy atom. The van der Waals surface area contributed by atoms with Crippen LogP contribution < -0.4 is 16.8 Å². The minimum absolute atomic E-state index is 0.0539. The maximum absolute atomic E-state index is 11.9. The average Bonchev–Trinajstić information content (AvgIpc) is 2.87. The summed E-state index contributed by atoms with van der Waals surface area (Å²) < 4.78 is 6.78. The largest absolute Gasteiger partial charge is 0.444 e. The summed E-state index contributed by atoms with van der Waals surface area (Å²) in [6.45, 7) is 5.38. The number of hydrogen-bond donors (Lipinski definition) is 3. The number of rotatable bonds is 3. The molecule has 1 aliphatic carbocycles. The van der Waals surface area contributed by atoms with Crippen molar-refractivity contribution in [1.29, 1.82) is 5.26 Å². The first kappa shape index (κ1) is 18.6. The number of nitriles is 1. The van der Waals surface area contributed by atoms with Crippen LogP contribution in [0.15, 0.2) is 6.20 Å². The number of nitrogens with one attached hydrogen (secondary N) is 1. The number of nitrogen functional groups attached to an aromatic ring is 1. The molecule has 2 amide bonds. The summed E-state index contributed by atoms with van der Waals surface area (Å²) in [5.74, 6) is -0.982. The van der Waals surface area contributed by atoms with Crippen LogP contribution in [0.25, 0.3) is 0 Å². The van der Waals surface area contributed by atoms with Crippen LogP contribution in [0.4, 0.5) is 10.6 Å². The first-order valence-electron chi connectivity index (χ1n) is 8.14. The van der Waals surface area contributed by atoms with Gasteiger partial charge in [-0.05, 0) is 40.0 Å². The number of nitrogens with zero attached hydrogens (tertiary/aromatic N) is 3. The van der Waals surface area contributed by atoms with E-state index < -0.39 is 17.6 Å². The molecule has 9 nitrogen and oxygen atoms in total. The molecule has 0 saturated heterocycles. The Morgan fingerprint density at radius 2 is 2.12 bits per heavy atom. The van der Waals surface area contributed by atoms with E-state index in [4.69, 9.17) is 16.2 Å². The van der Waals surface area contributed by atoms with Crippen LogP contribution in [0.5, 0.6) is 0 Å². The third-order valence-electron chi connectivity index (χ3n) is 4.07. The van der Waals surface area contributed by atoms with Crippen LogP contribution in [0.1, 0.15) is 56.4 Å². The molecule has 1 heterocycles. The van der Waals surface area contributed by atoms with Gasteiger partial charge in [-0.25, -0.2) is 4.79 Å². The molecule has 0 bridgehead atoms. The predicted molar refractivity (Wildman–Crippen MR) is 90.3 cm³/mol. The minimum atomic E-state index is -0.655. The topological polar surface area (TPSA) is 149 Å². The zero-order valence-electron chi connectivity index (χ0n) is 14.7. The summed E-state index contributed by atoms with van der Waals surface area (Å²) in [6, 6.07) is 1.87. The van der Waals surface area contributed by atoms with E-state index in [-0.39, 0.29) is 29.4 Å². The molecule has 1 aliphatic rings. The minimum Gasteiger partial charge on any atom is -0.444 e. The number of alkyl carbamates (subject to hydrolysis) is 1. The number of aromatic nitrogens is 2. The Balaban J connectivity index is 2.05. The average molecular weight is 348 g/mol. The maximum Gasteiger partial charge on any atom is 0.407 e. The molecule has 0 unspecified atom stereocenters. The number of carbonyl (C=O) groups is 2. The highest BCUT2D eigenvalue weighted by atomic mass is 16.6. The third kappa shape index (κ3) is 4.62. The van der Waals surface area contributed by atoms with Gasteiger partial charge in [0.2, 0.25) is 0 Å². The number of amides is 2. The fourth-order valence-corrected chi connectivity index (χ4v) is 2.98. The molecule has 3 atom stereocenters. The van der Waals surface area contributed by atoms with Crippen molar-refractivity contribution in [3.8, 4) is 6.07 Å². The zero-order valence-corrected chi connectivity index (χ0v) is 14.7. The van der Waals surface area contributed by atoms with Gasteiger partial charge in [0.1, 0.15) is 11.2 Å². The van der Waals surface area contributed by atoms with Crippen molar-refractivity contribution in [2.75, 3.05) is 5.73 Å². The predicted octanol–water partition coefficient (Wildman–Crippen LogP) is 1.32. The van der Waals surface area contributed by atoms with Crippen molar-refractivity contribution in [2.45, 2.75) is 57.7 Å². The van der Waals surface area contributed by atoms with Crippen molar-refractivity contribution >= 4 is 17.8 Å². The van der Waals surface area contributed by atoms with Crippen molar-refractivity contribution in [3.05, 3.63) is 11.8 Å². The van der Waals surface area contributed by atoms with Gasteiger partial charge in [-0.3, -0.25) is 9.48 Å². The highest BCUT2D eigenvalue weighted by molar-refractivity contribution is 5.96. The van der Waals surface area contributed by atoms with E-state index in [1.807, 2.05) is 0 Å². The van der Waals surface area contributed by atoms with Crippen LogP contribution in [-0.4, -0.2) is 33.4 Å². The quantitative estimate of drug-likeness (QED) is 0.750. The maximum atomic E-state index is 11.9. The molecule has 136 valence electrons. The molecule has 0 aromatic carbocycles. The molecule has 1 fully saturated rings. The van der Waals surface area contributed by atoms with Gasteiger partial charge in [0, 0.05) is 12.2 Å². The molecule has 0 spiro atoms. The fraction of sp³-hybridized carbons (Fsp3) is 0.625. The van der Waals surface area contributed by atoms with Gasteiger partial charge in [-0.1, -0.05) is 0 Å². The molecule has 5 N–H and O–H groups in total. The number of anilines is 1. The number of hydrogen-bond acceptors (Lipinski definition) is 6. The van der Waals surface area contributed by atoms with Gasteiger partial charge in [0.05, 0.1) is 18.0 Å². The first-order chi connectivity index (χ1) is 11.6. The zero-order chi connectivity index (χ0) is 18.8. The second-order valence-electron chi connectivity index (χ2n) is 7.23. The Hall–Kier alpha value is -2.76. The first-order valence-corrected chi connectivity index (χ1v) is 8.14. The normalized spacial score (nSPS) is 23.5. The molecule has 1 aromatic heterocycles. The van der Waals surface area contributed by atoms with Crippen molar-refractivity contribution in [3.63, 3.8) is 0 Å². The van der Waals surface area contributed by atoms with Gasteiger partial charge in [0.15, 0.2) is 5.82 Å². The molecule has 9 heteroatoms. The Labute approximate surface area is 146 Å². The summed E-state index contributed by atoms with van der Waals surface area (Å²) in [5, 5.41) is 16.4. The van der Waals surface area contributed by atoms with Crippen LogP contribution >= 0.6 is 0 Å². The summed E-state index contributed by atoms with van der Waals surface area (Å²) in [5.41, 5.74) is 10.5. The summed E-state index contributed by atoms with van der Waals surface area (Å²) >= 11 is 0. The van der Waals surface area contributed by atoms with Gasteiger partial charge in [-0.15, -0.1) is 0 Å². The van der Waals surface area contributed by atoms with E-state index >= 15 is 0 Å². The van der Waals surface area contributed by atoms with Crippen LogP contribution in [0.2, 0.25) is 0 Å². The number of nitrogens with two attached hydrogens (primary N) is 2. The smallest absolute Gasteiger partial charge is 0.407 e. The standard InChI is InChI=1S/C16H24N6O3/c1-16(2,3)25-15(24)20-10-4-5-12(9(6-10)7-17)22-8-11(14(19)23)13(18)21-22/h8-10,12H,4-6H2,1-3H3,(H2,18,21)(H2,19,23)(H,20,24)/t9-,10-,12+/m0/s1. The Kier molecular flexibility index (Phi) is 5.21. The van der Waals surface area contributed by atoms with E-state index in [0.717, 1.165) is 0 Å². The summed E-state index contributed by atoms with van der Waals surface area (Å²) in [6.07, 6.45) is 2.72. The lowest BCUT2D eigenvalue weighted by atomic mass is 9.82. The molecule has 25 heavy (non-hydrogen) atoms. The molecular weight excluding hydrogens is 324 g/mol. The van der Waals surface area contributed by atoms with Crippen LogP contribution in [0.3, 0.4) is 0 Å². The van der Waals surface area contributed by atoms with E-state index in [1.165, 1.54) is 10.9 Å². The lowest BCUT2D eigenvalue weighted by Gasteiger charge is -2.33. The third-order valence-corrected chi connectivity index (χ3v) is 4.07. The second-order valence-corrected chi connectivity index (χ2v) is 7.23. The van der Waals surface area contributed by atoms with E-state index in [2.05, 4.69) is 16.5 Å². The van der Waals surface area contributed by atoms with E-state index in [9.17, 15) is 14.9 Å². The molecule has 0 radical (unpaired) electrons. The second kappa shape index (κ2) is 7.01.